The smallest absolute Gasteiger partial charge is 0.237 e. The van der Waals surface area contributed by atoms with Crippen LogP contribution in [0.5, 0.6) is 0 Å². The summed E-state index contributed by atoms with van der Waals surface area (Å²) in [6.07, 6.45) is 1.91. The van der Waals surface area contributed by atoms with Crippen LogP contribution in [-0.4, -0.2) is 37.0 Å². The Labute approximate surface area is 120 Å². The van der Waals surface area contributed by atoms with Crippen molar-refractivity contribution in [3.63, 3.8) is 0 Å². The van der Waals surface area contributed by atoms with Gasteiger partial charge in [0.15, 0.2) is 0 Å². The minimum absolute atomic E-state index is 0.0865. The number of carbonyl (C=O) groups excluding carboxylic acids is 1. The van der Waals surface area contributed by atoms with Gasteiger partial charge in [0.2, 0.25) is 5.91 Å². The van der Waals surface area contributed by atoms with Crippen LogP contribution < -0.4 is 10.6 Å². The van der Waals surface area contributed by atoms with Gasteiger partial charge in [0.25, 0.3) is 0 Å². The maximum Gasteiger partial charge on any atom is 0.237 e. The average Bonchev–Trinajstić information content (AvgIpc) is 2.45. The molecule has 3 nitrogen and oxygen atoms in total. The molecule has 0 aliphatic heterocycles. The van der Waals surface area contributed by atoms with Crippen LogP contribution in [0.4, 0.5) is 0 Å². The molecule has 0 heterocycles. The Bertz CT molecular complexity index is 356. The lowest BCUT2D eigenvalue weighted by molar-refractivity contribution is -0.122. The fourth-order valence-corrected chi connectivity index (χ4v) is 2.53. The molecule has 1 rings (SSSR count). The third-order valence-corrected chi connectivity index (χ3v) is 4.03. The number of carbonyl (C=O) groups is 1. The zero-order valence-electron chi connectivity index (χ0n) is 11.8. The van der Waals surface area contributed by atoms with Crippen LogP contribution in [0.25, 0.3) is 0 Å². The summed E-state index contributed by atoms with van der Waals surface area (Å²) in [5, 5.41) is 6.07. The predicted octanol–water partition coefficient (Wildman–Crippen LogP) is 2.08. The number of thioether (sulfide) groups is 1. The van der Waals surface area contributed by atoms with Gasteiger partial charge in [0.1, 0.15) is 0 Å². The summed E-state index contributed by atoms with van der Waals surface area (Å²) in [5.74, 6) is 2.24. The Kier molecular flexibility index (Phi) is 8.34. The largest absolute Gasteiger partial charge is 0.354 e. The van der Waals surface area contributed by atoms with Crippen LogP contribution in [0.1, 0.15) is 18.9 Å². The molecule has 0 aliphatic rings. The first-order chi connectivity index (χ1) is 9.27. The summed E-state index contributed by atoms with van der Waals surface area (Å²) in [7, 11) is 1.83. The van der Waals surface area contributed by atoms with Gasteiger partial charge >= 0.3 is 0 Å². The Hall–Kier alpha value is -1.00. The fourth-order valence-electron chi connectivity index (χ4n) is 1.79. The molecular formula is C15H24N2OS. The molecule has 0 aromatic heterocycles. The Balaban J connectivity index is 2.31. The molecule has 2 N–H and O–H groups in total. The molecule has 4 heteroatoms. The molecule has 1 aromatic carbocycles. The molecular weight excluding hydrogens is 256 g/mol. The zero-order valence-corrected chi connectivity index (χ0v) is 12.6. The number of nitrogens with one attached hydrogen (secondary N) is 2. The molecule has 0 spiro atoms. The van der Waals surface area contributed by atoms with Gasteiger partial charge < -0.3 is 10.6 Å². The molecule has 106 valence electrons. The molecule has 0 saturated heterocycles. The Morgan fingerprint density at radius 3 is 2.63 bits per heavy atom. The monoisotopic (exact) mass is 280 g/mol. The van der Waals surface area contributed by atoms with Crippen molar-refractivity contribution in [2.24, 2.45) is 0 Å². The summed E-state index contributed by atoms with van der Waals surface area (Å²) < 4.78 is 0. The van der Waals surface area contributed by atoms with Gasteiger partial charge in [-0.3, -0.25) is 4.79 Å². The topological polar surface area (TPSA) is 41.1 Å². The van der Waals surface area contributed by atoms with Gasteiger partial charge in [-0.05, 0) is 31.2 Å². The minimum atomic E-state index is -0.154. The van der Waals surface area contributed by atoms with E-state index in [4.69, 9.17) is 0 Å². The van der Waals surface area contributed by atoms with Gasteiger partial charge in [0, 0.05) is 12.3 Å². The van der Waals surface area contributed by atoms with E-state index in [-0.39, 0.29) is 11.9 Å². The first kappa shape index (κ1) is 16.1. The van der Waals surface area contributed by atoms with Gasteiger partial charge in [-0.2, -0.15) is 11.8 Å². The lowest BCUT2D eigenvalue weighted by Crippen LogP contribution is -2.44. The van der Waals surface area contributed by atoms with Gasteiger partial charge in [0.05, 0.1) is 6.04 Å². The Morgan fingerprint density at radius 1 is 1.26 bits per heavy atom. The highest BCUT2D eigenvalue weighted by Crippen LogP contribution is 2.03. The second-order valence-corrected chi connectivity index (χ2v) is 5.66. The van der Waals surface area contributed by atoms with Crippen LogP contribution in [0.2, 0.25) is 0 Å². The van der Waals surface area contributed by atoms with Crippen LogP contribution in [-0.2, 0) is 11.2 Å². The van der Waals surface area contributed by atoms with Crippen LogP contribution in [0, 0.1) is 0 Å². The van der Waals surface area contributed by atoms with E-state index in [1.165, 1.54) is 12.0 Å². The molecule has 0 unspecified atom stereocenters. The zero-order chi connectivity index (χ0) is 13.9. The lowest BCUT2D eigenvalue weighted by atomic mass is 10.1. The molecule has 0 aliphatic carbocycles. The van der Waals surface area contributed by atoms with Crippen molar-refractivity contribution >= 4 is 17.7 Å². The number of rotatable bonds is 9. The van der Waals surface area contributed by atoms with E-state index in [1.807, 2.05) is 37.0 Å². The van der Waals surface area contributed by atoms with Gasteiger partial charge in [-0.25, -0.2) is 0 Å². The van der Waals surface area contributed by atoms with Crippen LogP contribution in [0.3, 0.4) is 0 Å². The van der Waals surface area contributed by atoms with Crippen LogP contribution in [0.15, 0.2) is 30.3 Å². The van der Waals surface area contributed by atoms with E-state index in [1.54, 1.807) is 0 Å². The molecule has 0 fully saturated rings. The van der Waals surface area contributed by atoms with E-state index in [9.17, 15) is 4.79 Å². The quantitative estimate of drug-likeness (QED) is 0.681. The number of amides is 1. The third-order valence-electron chi connectivity index (χ3n) is 2.84. The van der Waals surface area contributed by atoms with E-state index in [0.717, 1.165) is 24.5 Å². The molecule has 19 heavy (non-hydrogen) atoms. The minimum Gasteiger partial charge on any atom is -0.354 e. The van der Waals surface area contributed by atoms with Crippen molar-refractivity contribution in [1.29, 1.82) is 0 Å². The SMILES string of the molecule is CCCSCCNC(=O)[C@H](Cc1ccccc1)NC. The predicted molar refractivity (Wildman–Crippen MR) is 83.6 cm³/mol. The van der Waals surface area contributed by atoms with E-state index in [2.05, 4.69) is 29.7 Å². The number of hydrogen-bond acceptors (Lipinski definition) is 3. The summed E-state index contributed by atoms with van der Waals surface area (Å²) in [6, 6.07) is 9.94. The molecule has 0 bridgehead atoms. The second kappa shape index (κ2) is 9.87. The van der Waals surface area contributed by atoms with Crippen molar-refractivity contribution in [3.05, 3.63) is 35.9 Å². The van der Waals surface area contributed by atoms with Crippen molar-refractivity contribution < 1.29 is 4.79 Å². The summed E-state index contributed by atoms with van der Waals surface area (Å²) in [5.41, 5.74) is 1.18. The summed E-state index contributed by atoms with van der Waals surface area (Å²) in [4.78, 5) is 12.0. The number of benzene rings is 1. The maximum absolute atomic E-state index is 12.0. The average molecular weight is 280 g/mol. The summed E-state index contributed by atoms with van der Waals surface area (Å²) >= 11 is 1.88. The van der Waals surface area contributed by atoms with Crippen molar-refractivity contribution in [2.75, 3.05) is 25.1 Å². The third kappa shape index (κ3) is 6.64. The van der Waals surface area contributed by atoms with E-state index < -0.39 is 0 Å². The fraction of sp³-hybridized carbons (Fsp3) is 0.533. The maximum atomic E-state index is 12.0. The van der Waals surface area contributed by atoms with Crippen molar-refractivity contribution in [3.8, 4) is 0 Å². The second-order valence-electron chi connectivity index (χ2n) is 4.43. The van der Waals surface area contributed by atoms with Gasteiger partial charge in [-0.1, -0.05) is 37.3 Å². The molecule has 1 amide bonds. The lowest BCUT2D eigenvalue weighted by Gasteiger charge is -2.16. The van der Waals surface area contributed by atoms with Crippen LogP contribution >= 0.6 is 11.8 Å². The first-order valence-corrected chi connectivity index (χ1v) is 8.00. The van der Waals surface area contributed by atoms with Crippen molar-refractivity contribution in [1.82, 2.24) is 10.6 Å². The van der Waals surface area contributed by atoms with E-state index in [0.29, 0.717) is 0 Å². The normalized spacial score (nSPS) is 12.1. The summed E-state index contributed by atoms with van der Waals surface area (Å²) in [6.45, 7) is 2.92. The number of likely N-dealkylation sites (N-methyl/N-ethyl adjacent to an activating group) is 1. The highest BCUT2D eigenvalue weighted by atomic mass is 32.2. The molecule has 1 aromatic rings. The standard InChI is InChI=1S/C15H24N2OS/c1-3-10-19-11-9-17-15(18)14(16-2)12-13-7-5-4-6-8-13/h4-8,14,16H,3,9-12H2,1-2H3,(H,17,18)/t14-/m0/s1. The molecule has 0 radical (unpaired) electrons. The number of hydrogen-bond donors (Lipinski definition) is 2. The highest BCUT2D eigenvalue weighted by molar-refractivity contribution is 7.99. The molecule has 0 saturated carbocycles. The van der Waals surface area contributed by atoms with E-state index >= 15 is 0 Å². The first-order valence-electron chi connectivity index (χ1n) is 6.84. The van der Waals surface area contributed by atoms with Gasteiger partial charge in [-0.15, -0.1) is 0 Å². The van der Waals surface area contributed by atoms with Crippen molar-refractivity contribution in [2.45, 2.75) is 25.8 Å². The highest BCUT2D eigenvalue weighted by Gasteiger charge is 2.15. The Morgan fingerprint density at radius 2 is 2.00 bits per heavy atom. The molecule has 1 atom stereocenters.